The lowest BCUT2D eigenvalue weighted by Gasteiger charge is -2.19. The number of hydrazone groups is 1. The lowest BCUT2D eigenvalue weighted by molar-refractivity contribution is -0.140. The maximum absolute atomic E-state index is 15.0. The first-order valence-electron chi connectivity index (χ1n) is 10.4. The summed E-state index contributed by atoms with van der Waals surface area (Å²) in [5.41, 5.74) is -1.44. The average molecular weight is 598 g/mol. The van der Waals surface area contributed by atoms with E-state index in [4.69, 9.17) is 34.8 Å². The first-order valence-corrected chi connectivity index (χ1v) is 11.5. The number of nitrogens with one attached hydrogen (secondary N) is 1. The quantitative estimate of drug-likeness (QED) is 0.131. The molecule has 13 heteroatoms. The van der Waals surface area contributed by atoms with Gasteiger partial charge in [0.15, 0.2) is 0 Å². The zero-order valence-corrected chi connectivity index (χ0v) is 20.9. The lowest BCUT2D eigenvalue weighted by Crippen LogP contribution is -2.22. The number of carbonyl (C=O) groups excluding carboxylic acids is 1. The molecule has 0 aromatic heterocycles. The van der Waals surface area contributed by atoms with Crippen molar-refractivity contribution in [3.63, 3.8) is 0 Å². The molecule has 3 aromatic carbocycles. The minimum Gasteiger partial charge on any atom is -0.267 e. The molecule has 3 rings (SSSR count). The Bertz CT molecular complexity index is 1360. The summed E-state index contributed by atoms with van der Waals surface area (Å²) in [7, 11) is 0. The Balaban J connectivity index is 1.98. The summed E-state index contributed by atoms with van der Waals surface area (Å²) in [6.45, 7) is 0. The van der Waals surface area contributed by atoms with Crippen LogP contribution in [0.2, 0.25) is 15.1 Å². The summed E-state index contributed by atoms with van der Waals surface area (Å²) in [5, 5.41) is 2.70. The molecular formula is C25H14Cl3F7N2O. The van der Waals surface area contributed by atoms with Gasteiger partial charge in [-0.15, -0.1) is 0 Å². The summed E-state index contributed by atoms with van der Waals surface area (Å²) in [6, 6.07) is 11.6. The van der Waals surface area contributed by atoms with Crippen LogP contribution >= 0.6 is 34.8 Å². The number of hydrogen-bond donors (Lipinski definition) is 1. The van der Waals surface area contributed by atoms with Crippen molar-refractivity contribution in [3.05, 3.63) is 110 Å². The molecule has 0 aliphatic heterocycles. The lowest BCUT2D eigenvalue weighted by atomic mass is 9.95. The van der Waals surface area contributed by atoms with E-state index in [0.717, 1.165) is 18.2 Å². The largest absolute Gasteiger partial charge is 0.417 e. The van der Waals surface area contributed by atoms with Crippen molar-refractivity contribution < 1.29 is 35.5 Å². The van der Waals surface area contributed by atoms with Crippen LogP contribution in [0.3, 0.4) is 0 Å². The first-order chi connectivity index (χ1) is 17.7. The van der Waals surface area contributed by atoms with E-state index < -0.39 is 52.3 Å². The Hall–Kier alpha value is -3.08. The van der Waals surface area contributed by atoms with Crippen LogP contribution < -0.4 is 5.43 Å². The molecule has 200 valence electrons. The Morgan fingerprint density at radius 2 is 1.50 bits per heavy atom. The van der Waals surface area contributed by atoms with Gasteiger partial charge in [-0.25, -0.2) is 9.82 Å². The molecule has 1 amide bonds. The van der Waals surface area contributed by atoms with E-state index in [-0.39, 0.29) is 27.2 Å². The fourth-order valence-corrected chi connectivity index (χ4v) is 3.88. The van der Waals surface area contributed by atoms with E-state index in [2.05, 4.69) is 5.10 Å². The molecular weight excluding hydrogens is 584 g/mol. The number of nitrogens with zero attached hydrogens (tertiary/aromatic N) is 1. The van der Waals surface area contributed by atoms with E-state index in [0.29, 0.717) is 11.6 Å². The first kappa shape index (κ1) is 29.5. The van der Waals surface area contributed by atoms with Crippen molar-refractivity contribution in [2.45, 2.75) is 18.3 Å². The predicted octanol–water partition coefficient (Wildman–Crippen LogP) is 9.09. The summed E-state index contributed by atoms with van der Waals surface area (Å²) in [5.74, 6) is -5.52. The van der Waals surface area contributed by atoms with Crippen LogP contribution in [-0.4, -0.2) is 18.3 Å². The molecule has 0 heterocycles. The maximum atomic E-state index is 15.0. The second-order valence-corrected chi connectivity index (χ2v) is 8.89. The van der Waals surface area contributed by atoms with Crippen molar-refractivity contribution in [1.82, 2.24) is 5.43 Å². The molecule has 1 atom stereocenters. The van der Waals surface area contributed by atoms with Crippen molar-refractivity contribution in [2.75, 3.05) is 0 Å². The normalized spacial score (nSPS) is 13.6. The van der Waals surface area contributed by atoms with Gasteiger partial charge in [-0.3, -0.25) is 4.79 Å². The van der Waals surface area contributed by atoms with Gasteiger partial charge in [0, 0.05) is 5.56 Å². The third kappa shape index (κ3) is 7.27. The van der Waals surface area contributed by atoms with Crippen LogP contribution in [0.15, 0.2) is 71.8 Å². The van der Waals surface area contributed by atoms with E-state index in [1.54, 1.807) is 30.3 Å². The van der Waals surface area contributed by atoms with Crippen LogP contribution in [0.1, 0.15) is 38.5 Å². The molecule has 38 heavy (non-hydrogen) atoms. The zero-order valence-electron chi connectivity index (χ0n) is 18.6. The summed E-state index contributed by atoms with van der Waals surface area (Å²) in [6.07, 6.45) is -8.95. The molecule has 0 aliphatic rings. The molecule has 0 spiro atoms. The topological polar surface area (TPSA) is 41.5 Å². The van der Waals surface area contributed by atoms with Crippen LogP contribution in [0.4, 0.5) is 30.7 Å². The van der Waals surface area contributed by atoms with E-state index >= 15 is 0 Å². The third-order valence-corrected chi connectivity index (χ3v) is 6.25. The number of benzene rings is 3. The van der Waals surface area contributed by atoms with Crippen molar-refractivity contribution in [1.29, 1.82) is 0 Å². The number of carbonyl (C=O) groups is 1. The second kappa shape index (κ2) is 11.8. The highest BCUT2D eigenvalue weighted by atomic mass is 35.5. The van der Waals surface area contributed by atoms with Crippen molar-refractivity contribution >= 4 is 52.8 Å². The molecule has 0 saturated carbocycles. The molecule has 3 nitrogen and oxygen atoms in total. The van der Waals surface area contributed by atoms with E-state index in [1.807, 2.05) is 5.43 Å². The maximum Gasteiger partial charge on any atom is 0.417 e. The molecule has 1 unspecified atom stereocenters. The third-order valence-electron chi connectivity index (χ3n) is 5.06. The van der Waals surface area contributed by atoms with Gasteiger partial charge in [0.25, 0.3) is 5.91 Å². The molecule has 1 N–H and O–H groups in total. The van der Waals surface area contributed by atoms with Crippen molar-refractivity contribution in [3.8, 4) is 0 Å². The summed E-state index contributed by atoms with van der Waals surface area (Å²) >= 11 is 17.3. The van der Waals surface area contributed by atoms with Crippen LogP contribution in [0, 0.1) is 0 Å². The summed E-state index contributed by atoms with van der Waals surface area (Å²) < 4.78 is 97.3. The predicted molar refractivity (Wildman–Crippen MR) is 132 cm³/mol. The number of hydrogen-bond acceptors (Lipinski definition) is 2. The molecule has 0 bridgehead atoms. The summed E-state index contributed by atoms with van der Waals surface area (Å²) in [4.78, 5) is 12.4. The van der Waals surface area contributed by atoms with Gasteiger partial charge in [-0.05, 0) is 41.5 Å². The number of alkyl halides is 6. The van der Waals surface area contributed by atoms with Crippen molar-refractivity contribution in [2.24, 2.45) is 5.10 Å². The molecule has 0 radical (unpaired) electrons. The van der Waals surface area contributed by atoms with E-state index in [1.165, 1.54) is 6.21 Å². The Labute approximate surface area is 226 Å². The highest BCUT2D eigenvalue weighted by molar-refractivity contribution is 6.48. The minimum atomic E-state index is -5.15. The van der Waals surface area contributed by atoms with Gasteiger partial charge in [0.05, 0.1) is 32.4 Å². The Morgan fingerprint density at radius 1 is 0.895 bits per heavy atom. The fourth-order valence-electron chi connectivity index (χ4n) is 3.27. The van der Waals surface area contributed by atoms with Gasteiger partial charge < -0.3 is 0 Å². The van der Waals surface area contributed by atoms with Gasteiger partial charge in [0.1, 0.15) is 11.7 Å². The molecule has 0 fully saturated rings. The van der Waals surface area contributed by atoms with E-state index in [9.17, 15) is 35.5 Å². The number of rotatable bonds is 6. The van der Waals surface area contributed by atoms with Gasteiger partial charge in [-0.1, -0.05) is 71.2 Å². The van der Waals surface area contributed by atoms with Gasteiger partial charge >= 0.3 is 12.4 Å². The highest BCUT2D eigenvalue weighted by Crippen LogP contribution is 2.42. The minimum absolute atomic E-state index is 0.0787. The molecule has 0 aliphatic carbocycles. The zero-order chi connectivity index (χ0) is 28.3. The standard InChI is InChI=1S/C25H14Cl3F7N2O/c26-19-9-15(10-20(27)22(19)28)17(24(30,31)32)11-21(29)14-6-7-16(18(8-14)25(33,34)35)23(38)37-36-12-13-4-2-1-3-5-13/h1-12,17H,(H,37,38)/b21-11-,36-12+. The molecule has 3 aromatic rings. The second-order valence-electron chi connectivity index (χ2n) is 7.70. The van der Waals surface area contributed by atoms with Crippen LogP contribution in [0.25, 0.3) is 5.83 Å². The highest BCUT2D eigenvalue weighted by Gasteiger charge is 2.41. The smallest absolute Gasteiger partial charge is 0.267 e. The number of amides is 1. The Kier molecular flexibility index (Phi) is 9.12. The monoisotopic (exact) mass is 596 g/mol. The number of halogens is 10. The average Bonchev–Trinajstić information content (AvgIpc) is 2.84. The fraction of sp³-hybridized carbons (Fsp3) is 0.120. The SMILES string of the molecule is O=C(N/N=C/c1ccccc1)c1ccc(/C(F)=C/C(c2cc(Cl)c(Cl)c(Cl)c2)C(F)(F)F)cc1C(F)(F)F. The molecule has 0 saturated heterocycles. The van der Waals surface area contributed by atoms with Crippen LogP contribution in [0.5, 0.6) is 0 Å². The Morgan fingerprint density at radius 3 is 2.05 bits per heavy atom. The van der Waals surface area contributed by atoms with Gasteiger partial charge in [-0.2, -0.15) is 31.4 Å². The number of allylic oxidation sites excluding steroid dienone is 1. The van der Waals surface area contributed by atoms with Gasteiger partial charge in [0.2, 0.25) is 0 Å². The van der Waals surface area contributed by atoms with Crippen LogP contribution in [-0.2, 0) is 6.18 Å².